The predicted molar refractivity (Wildman–Crippen MR) is 74.1 cm³/mol. The van der Waals surface area contributed by atoms with Crippen LogP contribution < -0.4 is 5.32 Å². The standard InChI is InChI=1S/C16H21NO2/c18-10-14-5-2-6-15(14)17-16(19)13-8-7-11-3-1-4-12(11)9-13/h7-9,14-15,18H,1-6,10H2,(H,17,19). The molecule has 2 aliphatic rings. The van der Waals surface area contributed by atoms with Crippen molar-refractivity contribution in [2.75, 3.05) is 6.61 Å². The van der Waals surface area contributed by atoms with Gasteiger partial charge in [-0.3, -0.25) is 4.79 Å². The average molecular weight is 259 g/mol. The third-order valence-electron chi connectivity index (χ3n) is 4.57. The van der Waals surface area contributed by atoms with Crippen molar-refractivity contribution in [3.05, 3.63) is 34.9 Å². The Hall–Kier alpha value is -1.35. The predicted octanol–water partition coefficient (Wildman–Crippen LogP) is 2.07. The third kappa shape index (κ3) is 2.52. The highest BCUT2D eigenvalue weighted by molar-refractivity contribution is 5.94. The number of fused-ring (bicyclic) bond motifs is 1. The molecule has 1 amide bonds. The first-order valence-corrected chi connectivity index (χ1v) is 7.31. The summed E-state index contributed by atoms with van der Waals surface area (Å²) in [4.78, 5) is 12.3. The van der Waals surface area contributed by atoms with Crippen molar-refractivity contribution >= 4 is 5.91 Å². The fraction of sp³-hybridized carbons (Fsp3) is 0.562. The Morgan fingerprint density at radius 1 is 1.21 bits per heavy atom. The molecule has 0 saturated heterocycles. The van der Waals surface area contributed by atoms with E-state index >= 15 is 0 Å². The highest BCUT2D eigenvalue weighted by atomic mass is 16.3. The number of rotatable bonds is 3. The third-order valence-corrected chi connectivity index (χ3v) is 4.57. The topological polar surface area (TPSA) is 49.3 Å². The Kier molecular flexibility index (Phi) is 3.56. The Labute approximate surface area is 114 Å². The number of hydrogen-bond donors (Lipinski definition) is 2. The lowest BCUT2D eigenvalue weighted by molar-refractivity contribution is 0.0916. The van der Waals surface area contributed by atoms with E-state index in [-0.39, 0.29) is 24.5 Å². The molecule has 0 aliphatic heterocycles. The Bertz CT molecular complexity index is 484. The molecule has 1 aromatic rings. The number of aryl methyl sites for hydroxylation is 2. The largest absolute Gasteiger partial charge is 0.396 e. The molecule has 1 aromatic carbocycles. The summed E-state index contributed by atoms with van der Waals surface area (Å²) in [5.74, 6) is 0.249. The van der Waals surface area contributed by atoms with Gasteiger partial charge in [-0.05, 0) is 55.4 Å². The number of aliphatic hydroxyl groups excluding tert-OH is 1. The van der Waals surface area contributed by atoms with E-state index in [1.165, 1.54) is 17.5 Å². The van der Waals surface area contributed by atoms with E-state index in [1.54, 1.807) is 0 Å². The zero-order valence-corrected chi connectivity index (χ0v) is 11.2. The van der Waals surface area contributed by atoms with Crippen LogP contribution in [0.25, 0.3) is 0 Å². The summed E-state index contributed by atoms with van der Waals surface area (Å²) in [5, 5.41) is 12.4. The lowest BCUT2D eigenvalue weighted by Crippen LogP contribution is -2.38. The van der Waals surface area contributed by atoms with Gasteiger partial charge in [0.1, 0.15) is 0 Å². The van der Waals surface area contributed by atoms with Gasteiger partial charge in [-0.25, -0.2) is 0 Å². The molecule has 3 rings (SSSR count). The Morgan fingerprint density at radius 2 is 2.05 bits per heavy atom. The van der Waals surface area contributed by atoms with Crippen molar-refractivity contribution in [1.82, 2.24) is 5.32 Å². The van der Waals surface area contributed by atoms with Crippen LogP contribution >= 0.6 is 0 Å². The molecule has 3 heteroatoms. The molecule has 0 spiro atoms. The van der Waals surface area contributed by atoms with Crippen LogP contribution in [0.2, 0.25) is 0 Å². The molecule has 0 heterocycles. The van der Waals surface area contributed by atoms with Gasteiger partial charge in [0.05, 0.1) is 0 Å². The van der Waals surface area contributed by atoms with Crippen molar-refractivity contribution < 1.29 is 9.90 Å². The second kappa shape index (κ2) is 5.33. The quantitative estimate of drug-likeness (QED) is 0.873. The monoisotopic (exact) mass is 259 g/mol. The maximum absolute atomic E-state index is 12.3. The van der Waals surface area contributed by atoms with Crippen molar-refractivity contribution in [3.63, 3.8) is 0 Å². The molecule has 0 bridgehead atoms. The summed E-state index contributed by atoms with van der Waals surface area (Å²) < 4.78 is 0. The van der Waals surface area contributed by atoms with Crippen molar-refractivity contribution in [2.24, 2.45) is 5.92 Å². The maximum atomic E-state index is 12.3. The van der Waals surface area contributed by atoms with Gasteiger partial charge >= 0.3 is 0 Å². The highest BCUT2D eigenvalue weighted by Crippen LogP contribution is 2.26. The average Bonchev–Trinajstić information content (AvgIpc) is 3.05. The molecule has 102 valence electrons. The van der Waals surface area contributed by atoms with E-state index in [0.717, 1.165) is 37.7 Å². The number of benzene rings is 1. The molecule has 19 heavy (non-hydrogen) atoms. The number of hydrogen-bond acceptors (Lipinski definition) is 2. The minimum atomic E-state index is 0.0139. The first-order valence-electron chi connectivity index (χ1n) is 7.31. The van der Waals surface area contributed by atoms with Crippen molar-refractivity contribution in [3.8, 4) is 0 Å². The lowest BCUT2D eigenvalue weighted by atomic mass is 10.0. The van der Waals surface area contributed by atoms with Crippen LogP contribution in [-0.2, 0) is 12.8 Å². The van der Waals surface area contributed by atoms with Crippen LogP contribution in [0.15, 0.2) is 18.2 Å². The summed E-state index contributed by atoms with van der Waals surface area (Å²) in [6, 6.07) is 6.21. The SMILES string of the molecule is O=C(NC1CCCC1CO)c1ccc2c(c1)CCC2. The number of carbonyl (C=O) groups excluding carboxylic acids is 1. The molecule has 1 fully saturated rings. The number of carbonyl (C=O) groups is 1. The van der Waals surface area contributed by atoms with E-state index in [4.69, 9.17) is 0 Å². The minimum absolute atomic E-state index is 0.0139. The first kappa shape index (κ1) is 12.7. The molecular weight excluding hydrogens is 238 g/mol. The summed E-state index contributed by atoms with van der Waals surface area (Å²) in [7, 11) is 0. The van der Waals surface area contributed by atoms with Crippen molar-refractivity contribution in [2.45, 2.75) is 44.6 Å². The normalized spacial score (nSPS) is 25.3. The Balaban J connectivity index is 1.70. The van der Waals surface area contributed by atoms with E-state index < -0.39 is 0 Å². The second-order valence-electron chi connectivity index (χ2n) is 5.79. The molecule has 3 nitrogen and oxygen atoms in total. The van der Waals surface area contributed by atoms with Gasteiger partial charge in [-0.15, -0.1) is 0 Å². The van der Waals surface area contributed by atoms with E-state index in [1.807, 2.05) is 12.1 Å². The zero-order valence-electron chi connectivity index (χ0n) is 11.2. The van der Waals surface area contributed by atoms with Gasteiger partial charge in [0.25, 0.3) is 5.91 Å². The number of aliphatic hydroxyl groups is 1. The van der Waals surface area contributed by atoms with Gasteiger partial charge in [0.15, 0.2) is 0 Å². The molecule has 2 N–H and O–H groups in total. The molecular formula is C16H21NO2. The van der Waals surface area contributed by atoms with E-state index in [9.17, 15) is 9.90 Å². The fourth-order valence-electron chi connectivity index (χ4n) is 3.41. The first-order chi connectivity index (χ1) is 9.28. The smallest absolute Gasteiger partial charge is 0.251 e. The number of nitrogens with one attached hydrogen (secondary N) is 1. The molecule has 2 unspecified atom stereocenters. The van der Waals surface area contributed by atoms with Crippen LogP contribution in [-0.4, -0.2) is 23.7 Å². The molecule has 2 atom stereocenters. The maximum Gasteiger partial charge on any atom is 0.251 e. The summed E-state index contributed by atoms with van der Waals surface area (Å²) in [5.41, 5.74) is 3.49. The van der Waals surface area contributed by atoms with E-state index in [2.05, 4.69) is 11.4 Å². The summed E-state index contributed by atoms with van der Waals surface area (Å²) >= 11 is 0. The Morgan fingerprint density at radius 3 is 2.89 bits per heavy atom. The second-order valence-corrected chi connectivity index (χ2v) is 5.79. The molecule has 0 aromatic heterocycles. The van der Waals surface area contributed by atoms with Crippen LogP contribution in [0.1, 0.15) is 47.2 Å². The van der Waals surface area contributed by atoms with Crippen LogP contribution in [0.5, 0.6) is 0 Å². The molecule has 1 saturated carbocycles. The molecule has 0 radical (unpaired) electrons. The van der Waals surface area contributed by atoms with Crippen LogP contribution in [0.3, 0.4) is 0 Å². The molecule has 2 aliphatic carbocycles. The zero-order chi connectivity index (χ0) is 13.2. The van der Waals surface area contributed by atoms with Gasteiger partial charge in [0, 0.05) is 24.1 Å². The fourth-order valence-corrected chi connectivity index (χ4v) is 3.41. The van der Waals surface area contributed by atoms with Crippen molar-refractivity contribution in [1.29, 1.82) is 0 Å². The van der Waals surface area contributed by atoms with E-state index in [0.29, 0.717) is 0 Å². The number of amides is 1. The summed E-state index contributed by atoms with van der Waals surface area (Å²) in [6.07, 6.45) is 6.55. The minimum Gasteiger partial charge on any atom is -0.396 e. The summed E-state index contributed by atoms with van der Waals surface area (Å²) in [6.45, 7) is 0.176. The van der Waals surface area contributed by atoms with Gasteiger partial charge in [-0.1, -0.05) is 12.5 Å². The van der Waals surface area contributed by atoms with Gasteiger partial charge < -0.3 is 10.4 Å². The van der Waals surface area contributed by atoms with Gasteiger partial charge in [-0.2, -0.15) is 0 Å². The van der Waals surface area contributed by atoms with Crippen LogP contribution in [0.4, 0.5) is 0 Å². The van der Waals surface area contributed by atoms with Crippen LogP contribution in [0, 0.1) is 5.92 Å². The lowest BCUT2D eigenvalue weighted by Gasteiger charge is -2.19. The van der Waals surface area contributed by atoms with Gasteiger partial charge in [0.2, 0.25) is 0 Å². The highest BCUT2D eigenvalue weighted by Gasteiger charge is 2.28.